The van der Waals surface area contributed by atoms with Crippen molar-refractivity contribution < 1.29 is 4.79 Å². The summed E-state index contributed by atoms with van der Waals surface area (Å²) in [5, 5.41) is 8.80. The van der Waals surface area contributed by atoms with Crippen LogP contribution in [0.1, 0.15) is 35.3 Å². The molecule has 1 saturated heterocycles. The number of rotatable bonds is 4. The van der Waals surface area contributed by atoms with Crippen molar-refractivity contribution >= 4 is 11.6 Å². The lowest BCUT2D eigenvalue weighted by atomic mass is 10.1. The first-order chi connectivity index (χ1) is 11.2. The standard InChI is InChI=1S/C17H20N4O2/c22-16-8-7-15(19-20-16)17(23)18-14-6-4-5-13(11-14)12-21-9-2-1-3-10-21/h4-8,11H,1-3,9-10,12H2,(H,18,23)(H,20,22). The van der Waals surface area contributed by atoms with Crippen molar-refractivity contribution in [2.45, 2.75) is 25.8 Å². The molecule has 6 heteroatoms. The van der Waals surface area contributed by atoms with E-state index in [1.165, 1.54) is 37.0 Å². The van der Waals surface area contributed by atoms with Gasteiger partial charge in [-0.1, -0.05) is 18.6 Å². The van der Waals surface area contributed by atoms with Crippen LogP contribution in [-0.4, -0.2) is 34.1 Å². The highest BCUT2D eigenvalue weighted by Gasteiger charge is 2.12. The number of anilines is 1. The van der Waals surface area contributed by atoms with Crippen LogP contribution in [0.2, 0.25) is 0 Å². The van der Waals surface area contributed by atoms with Crippen molar-refractivity contribution in [1.82, 2.24) is 15.1 Å². The molecule has 120 valence electrons. The lowest BCUT2D eigenvalue weighted by molar-refractivity contribution is 0.102. The van der Waals surface area contributed by atoms with Crippen LogP contribution in [0.15, 0.2) is 41.2 Å². The summed E-state index contributed by atoms with van der Waals surface area (Å²) in [4.78, 5) is 25.5. The Kier molecular flexibility index (Phi) is 4.83. The molecule has 2 heterocycles. The largest absolute Gasteiger partial charge is 0.321 e. The van der Waals surface area contributed by atoms with E-state index in [-0.39, 0.29) is 17.2 Å². The molecule has 1 fully saturated rings. The molecular formula is C17H20N4O2. The number of hydrogen-bond acceptors (Lipinski definition) is 4. The summed E-state index contributed by atoms with van der Waals surface area (Å²) in [6.45, 7) is 3.18. The molecule has 0 saturated carbocycles. The van der Waals surface area contributed by atoms with Crippen LogP contribution in [0.25, 0.3) is 0 Å². The maximum absolute atomic E-state index is 12.1. The number of H-pyrrole nitrogens is 1. The number of benzene rings is 1. The fraction of sp³-hybridized carbons (Fsp3) is 0.353. The second-order valence-electron chi connectivity index (χ2n) is 5.80. The molecule has 0 bridgehead atoms. The molecule has 1 amide bonds. The van der Waals surface area contributed by atoms with Crippen LogP contribution in [0.5, 0.6) is 0 Å². The van der Waals surface area contributed by atoms with Gasteiger partial charge in [-0.15, -0.1) is 0 Å². The Labute approximate surface area is 134 Å². The fourth-order valence-corrected chi connectivity index (χ4v) is 2.79. The molecule has 1 aromatic heterocycles. The molecule has 0 aliphatic carbocycles. The molecule has 0 unspecified atom stereocenters. The maximum Gasteiger partial charge on any atom is 0.276 e. The van der Waals surface area contributed by atoms with Crippen LogP contribution >= 0.6 is 0 Å². The number of amides is 1. The molecule has 2 aromatic rings. The van der Waals surface area contributed by atoms with Gasteiger partial charge in [-0.3, -0.25) is 14.5 Å². The number of hydrogen-bond donors (Lipinski definition) is 2. The van der Waals surface area contributed by atoms with Crippen LogP contribution in [0.3, 0.4) is 0 Å². The third-order valence-electron chi connectivity index (χ3n) is 3.95. The Bertz CT molecular complexity index is 715. The maximum atomic E-state index is 12.1. The molecule has 0 spiro atoms. The number of likely N-dealkylation sites (tertiary alicyclic amines) is 1. The van der Waals surface area contributed by atoms with Gasteiger partial charge in [0.2, 0.25) is 0 Å². The summed E-state index contributed by atoms with van der Waals surface area (Å²) in [5.41, 5.74) is 1.77. The minimum Gasteiger partial charge on any atom is -0.321 e. The van der Waals surface area contributed by atoms with Crippen molar-refractivity contribution in [3.8, 4) is 0 Å². The van der Waals surface area contributed by atoms with Crippen LogP contribution in [-0.2, 0) is 6.54 Å². The predicted octanol–water partition coefficient (Wildman–Crippen LogP) is 2.01. The second-order valence-corrected chi connectivity index (χ2v) is 5.80. The van der Waals surface area contributed by atoms with Gasteiger partial charge in [0, 0.05) is 18.3 Å². The highest BCUT2D eigenvalue weighted by molar-refractivity contribution is 6.02. The first-order valence-electron chi connectivity index (χ1n) is 7.89. The van der Waals surface area contributed by atoms with Crippen LogP contribution in [0, 0.1) is 0 Å². The Balaban J connectivity index is 1.65. The normalized spacial score (nSPS) is 15.3. The third-order valence-corrected chi connectivity index (χ3v) is 3.95. The number of aromatic nitrogens is 2. The van der Waals surface area contributed by atoms with Crippen molar-refractivity contribution in [3.63, 3.8) is 0 Å². The van der Waals surface area contributed by atoms with Gasteiger partial charge in [0.25, 0.3) is 11.5 Å². The van der Waals surface area contributed by atoms with Gasteiger partial charge in [0.15, 0.2) is 0 Å². The third kappa shape index (κ3) is 4.26. The zero-order valence-corrected chi connectivity index (χ0v) is 12.9. The Hall–Kier alpha value is -2.47. The van der Waals surface area contributed by atoms with Gasteiger partial charge in [-0.25, -0.2) is 5.10 Å². The molecule has 1 aromatic carbocycles. The molecule has 6 nitrogen and oxygen atoms in total. The Morgan fingerprint density at radius 2 is 2.00 bits per heavy atom. The van der Waals surface area contributed by atoms with Gasteiger partial charge in [0.05, 0.1) is 0 Å². The van der Waals surface area contributed by atoms with E-state index < -0.39 is 0 Å². The first kappa shape index (κ1) is 15.4. The average molecular weight is 312 g/mol. The number of piperidine rings is 1. The number of carbonyl (C=O) groups is 1. The van der Waals surface area contributed by atoms with E-state index >= 15 is 0 Å². The number of nitrogens with zero attached hydrogens (tertiary/aromatic N) is 2. The highest BCUT2D eigenvalue weighted by atomic mass is 16.2. The van der Waals surface area contributed by atoms with E-state index in [2.05, 4.69) is 26.5 Å². The summed E-state index contributed by atoms with van der Waals surface area (Å²) >= 11 is 0. The molecule has 0 radical (unpaired) electrons. The number of nitrogens with one attached hydrogen (secondary N) is 2. The van der Waals surface area contributed by atoms with E-state index in [0.29, 0.717) is 0 Å². The van der Waals surface area contributed by atoms with Crippen molar-refractivity contribution in [2.24, 2.45) is 0 Å². The second kappa shape index (κ2) is 7.19. The van der Waals surface area contributed by atoms with E-state index in [0.717, 1.165) is 25.3 Å². The summed E-state index contributed by atoms with van der Waals surface area (Å²) in [6.07, 6.45) is 3.83. The van der Waals surface area contributed by atoms with Crippen molar-refractivity contribution in [1.29, 1.82) is 0 Å². The highest BCUT2D eigenvalue weighted by Crippen LogP contribution is 2.16. The number of carbonyl (C=O) groups excluding carboxylic acids is 1. The molecule has 1 aliphatic heterocycles. The Morgan fingerprint density at radius 1 is 1.17 bits per heavy atom. The minimum atomic E-state index is -0.337. The van der Waals surface area contributed by atoms with E-state index in [1.54, 1.807) is 0 Å². The minimum absolute atomic E-state index is 0.186. The summed E-state index contributed by atoms with van der Waals surface area (Å²) in [7, 11) is 0. The van der Waals surface area contributed by atoms with Crippen LogP contribution < -0.4 is 10.9 Å². The van der Waals surface area contributed by atoms with Gasteiger partial charge in [-0.05, 0) is 49.7 Å². The SMILES string of the molecule is O=C(Nc1cccc(CN2CCCCC2)c1)c1ccc(=O)[nH]n1. The molecule has 1 aliphatic rings. The molecule has 0 atom stereocenters. The summed E-state index contributed by atoms with van der Waals surface area (Å²) in [5.74, 6) is -0.337. The monoisotopic (exact) mass is 312 g/mol. The average Bonchev–Trinajstić information content (AvgIpc) is 2.57. The Morgan fingerprint density at radius 3 is 2.74 bits per heavy atom. The zero-order chi connectivity index (χ0) is 16.1. The van der Waals surface area contributed by atoms with E-state index in [1.807, 2.05) is 18.2 Å². The van der Waals surface area contributed by atoms with Crippen molar-refractivity contribution in [3.05, 3.63) is 58.0 Å². The van der Waals surface area contributed by atoms with Crippen LogP contribution in [0.4, 0.5) is 5.69 Å². The summed E-state index contributed by atoms with van der Waals surface area (Å²) < 4.78 is 0. The smallest absolute Gasteiger partial charge is 0.276 e. The van der Waals surface area contributed by atoms with Gasteiger partial charge < -0.3 is 5.32 Å². The quantitative estimate of drug-likeness (QED) is 0.905. The number of aromatic amines is 1. The molecule has 2 N–H and O–H groups in total. The molecular weight excluding hydrogens is 292 g/mol. The predicted molar refractivity (Wildman–Crippen MR) is 88.4 cm³/mol. The molecule has 23 heavy (non-hydrogen) atoms. The van der Waals surface area contributed by atoms with E-state index in [4.69, 9.17) is 0 Å². The lowest BCUT2D eigenvalue weighted by Crippen LogP contribution is -2.29. The summed E-state index contributed by atoms with van der Waals surface area (Å²) in [6, 6.07) is 10.5. The van der Waals surface area contributed by atoms with E-state index in [9.17, 15) is 9.59 Å². The van der Waals surface area contributed by atoms with Gasteiger partial charge in [0.1, 0.15) is 5.69 Å². The first-order valence-corrected chi connectivity index (χ1v) is 7.89. The van der Waals surface area contributed by atoms with Gasteiger partial charge in [-0.2, -0.15) is 5.10 Å². The molecule has 3 rings (SSSR count). The topological polar surface area (TPSA) is 78.1 Å². The fourth-order valence-electron chi connectivity index (χ4n) is 2.79. The lowest BCUT2D eigenvalue weighted by Gasteiger charge is -2.26. The zero-order valence-electron chi connectivity index (χ0n) is 12.9. The van der Waals surface area contributed by atoms with Gasteiger partial charge >= 0.3 is 0 Å². The van der Waals surface area contributed by atoms with Crippen molar-refractivity contribution in [2.75, 3.05) is 18.4 Å².